The molecule has 102 valence electrons. The molecule has 1 aromatic carbocycles. The van der Waals surface area contributed by atoms with Gasteiger partial charge >= 0.3 is 0 Å². The summed E-state index contributed by atoms with van der Waals surface area (Å²) in [5.41, 5.74) is 5.76. The van der Waals surface area contributed by atoms with Gasteiger partial charge in [0.2, 0.25) is 0 Å². The normalized spacial score (nSPS) is 11.0. The lowest BCUT2D eigenvalue weighted by Gasteiger charge is -2.07. The van der Waals surface area contributed by atoms with Gasteiger partial charge in [0.25, 0.3) is 0 Å². The van der Waals surface area contributed by atoms with Crippen molar-refractivity contribution in [2.45, 2.75) is 10.6 Å². The number of aromatic nitrogens is 1. The second-order valence-electron chi connectivity index (χ2n) is 4.10. The Bertz CT molecular complexity index is 798. The van der Waals surface area contributed by atoms with Crippen molar-refractivity contribution in [3.63, 3.8) is 0 Å². The second kappa shape index (κ2) is 5.27. The van der Waals surface area contributed by atoms with Crippen molar-refractivity contribution in [1.82, 2.24) is 4.98 Å². The van der Waals surface area contributed by atoms with Gasteiger partial charge in [-0.05, 0) is 23.8 Å². The van der Waals surface area contributed by atoms with Crippen LogP contribution in [0.15, 0.2) is 41.6 Å². The van der Waals surface area contributed by atoms with Gasteiger partial charge in [-0.2, -0.15) is 5.26 Å². The Hall–Kier alpha value is -2.46. The van der Waals surface area contributed by atoms with Crippen molar-refractivity contribution in [2.75, 3.05) is 5.73 Å². The van der Waals surface area contributed by atoms with Crippen LogP contribution >= 0.6 is 0 Å². The summed E-state index contributed by atoms with van der Waals surface area (Å²) in [7, 11) is -3.68. The van der Waals surface area contributed by atoms with Crippen LogP contribution in [0.5, 0.6) is 0 Å². The van der Waals surface area contributed by atoms with Crippen molar-refractivity contribution in [3.05, 3.63) is 53.6 Å². The zero-order valence-corrected chi connectivity index (χ0v) is 11.1. The quantitative estimate of drug-likeness (QED) is 0.927. The van der Waals surface area contributed by atoms with Crippen molar-refractivity contribution < 1.29 is 12.8 Å². The van der Waals surface area contributed by atoms with E-state index in [4.69, 9.17) is 11.0 Å². The summed E-state index contributed by atoms with van der Waals surface area (Å²) in [4.78, 5) is 3.69. The average Bonchev–Trinajstić information content (AvgIpc) is 2.41. The molecule has 0 saturated heterocycles. The Morgan fingerprint density at radius 1 is 1.35 bits per heavy atom. The number of sulfone groups is 1. The largest absolute Gasteiger partial charge is 0.396 e. The minimum Gasteiger partial charge on any atom is -0.396 e. The van der Waals surface area contributed by atoms with Crippen LogP contribution in [0, 0.1) is 17.1 Å². The number of hydrogen-bond donors (Lipinski definition) is 1. The van der Waals surface area contributed by atoms with Crippen LogP contribution in [0.4, 0.5) is 10.1 Å². The van der Waals surface area contributed by atoms with E-state index in [0.717, 1.165) is 6.07 Å². The molecular weight excluding hydrogens is 281 g/mol. The lowest BCUT2D eigenvalue weighted by Crippen LogP contribution is -2.08. The van der Waals surface area contributed by atoms with Crippen molar-refractivity contribution in [1.29, 1.82) is 5.26 Å². The maximum absolute atomic E-state index is 13.2. The molecule has 7 heteroatoms. The van der Waals surface area contributed by atoms with Crippen LogP contribution in [-0.2, 0) is 15.6 Å². The molecule has 2 aromatic rings. The first kappa shape index (κ1) is 14.0. The van der Waals surface area contributed by atoms with Gasteiger partial charge in [-0.1, -0.05) is 6.07 Å². The van der Waals surface area contributed by atoms with E-state index in [-0.39, 0.29) is 21.9 Å². The van der Waals surface area contributed by atoms with E-state index in [9.17, 15) is 12.8 Å². The number of nitriles is 1. The molecule has 0 radical (unpaired) electrons. The Kier molecular flexibility index (Phi) is 3.68. The molecule has 0 bridgehead atoms. The number of halogens is 1. The number of rotatable bonds is 3. The van der Waals surface area contributed by atoms with E-state index in [1.165, 1.54) is 30.6 Å². The van der Waals surface area contributed by atoms with Crippen LogP contribution < -0.4 is 5.73 Å². The van der Waals surface area contributed by atoms with E-state index in [1.807, 2.05) is 0 Å². The van der Waals surface area contributed by atoms with Gasteiger partial charge in [-0.25, -0.2) is 12.8 Å². The Labute approximate surface area is 115 Å². The monoisotopic (exact) mass is 291 g/mol. The SMILES string of the molecule is N#Cc1cc(CS(=O)(=O)c2ccncc2N)ccc1F. The summed E-state index contributed by atoms with van der Waals surface area (Å²) in [6, 6.07) is 6.58. The summed E-state index contributed by atoms with van der Waals surface area (Å²) in [6.07, 6.45) is 2.58. The van der Waals surface area contributed by atoms with E-state index < -0.39 is 15.7 Å². The lowest BCUT2D eigenvalue weighted by molar-refractivity contribution is 0.595. The maximum atomic E-state index is 13.2. The van der Waals surface area contributed by atoms with Crippen LogP contribution in [-0.4, -0.2) is 13.4 Å². The third-order valence-corrected chi connectivity index (χ3v) is 4.41. The third-order valence-electron chi connectivity index (χ3n) is 2.65. The smallest absolute Gasteiger partial charge is 0.184 e. The molecular formula is C13H10FN3O2S. The minimum atomic E-state index is -3.68. The average molecular weight is 291 g/mol. The number of anilines is 1. The summed E-state index contributed by atoms with van der Waals surface area (Å²) < 4.78 is 37.6. The fourth-order valence-corrected chi connectivity index (χ4v) is 3.18. The first-order chi connectivity index (χ1) is 9.44. The van der Waals surface area contributed by atoms with Gasteiger partial charge in [0.15, 0.2) is 9.84 Å². The number of nitrogen functional groups attached to an aromatic ring is 1. The molecule has 5 nitrogen and oxygen atoms in total. The first-order valence-electron chi connectivity index (χ1n) is 5.55. The highest BCUT2D eigenvalue weighted by Gasteiger charge is 2.19. The molecule has 0 spiro atoms. The molecule has 0 aliphatic rings. The van der Waals surface area contributed by atoms with Gasteiger partial charge in [-0.15, -0.1) is 0 Å². The van der Waals surface area contributed by atoms with Gasteiger partial charge in [-0.3, -0.25) is 4.98 Å². The van der Waals surface area contributed by atoms with Crippen molar-refractivity contribution >= 4 is 15.5 Å². The molecule has 0 fully saturated rings. The summed E-state index contributed by atoms with van der Waals surface area (Å²) in [5, 5.41) is 8.73. The molecule has 0 saturated carbocycles. The number of benzene rings is 1. The number of hydrogen-bond acceptors (Lipinski definition) is 5. The number of nitrogens with zero attached hydrogens (tertiary/aromatic N) is 2. The Balaban J connectivity index is 2.39. The predicted octanol–water partition coefficient (Wildman–Crippen LogP) is 1.65. The predicted molar refractivity (Wildman–Crippen MR) is 70.7 cm³/mol. The van der Waals surface area contributed by atoms with Crippen LogP contribution in [0.2, 0.25) is 0 Å². The van der Waals surface area contributed by atoms with Crippen LogP contribution in [0.25, 0.3) is 0 Å². The Morgan fingerprint density at radius 2 is 2.10 bits per heavy atom. The highest BCUT2D eigenvalue weighted by atomic mass is 32.2. The number of nitrogens with two attached hydrogens (primary N) is 1. The van der Waals surface area contributed by atoms with E-state index in [0.29, 0.717) is 5.56 Å². The first-order valence-corrected chi connectivity index (χ1v) is 7.20. The molecule has 0 atom stereocenters. The maximum Gasteiger partial charge on any atom is 0.184 e. The van der Waals surface area contributed by atoms with Crippen molar-refractivity contribution in [2.24, 2.45) is 0 Å². The molecule has 1 heterocycles. The van der Waals surface area contributed by atoms with Gasteiger partial charge in [0, 0.05) is 6.20 Å². The molecule has 0 aliphatic carbocycles. The van der Waals surface area contributed by atoms with E-state index >= 15 is 0 Å². The molecule has 0 amide bonds. The Morgan fingerprint density at radius 3 is 2.75 bits per heavy atom. The number of pyridine rings is 1. The van der Waals surface area contributed by atoms with Crippen LogP contribution in [0.1, 0.15) is 11.1 Å². The zero-order valence-electron chi connectivity index (χ0n) is 10.2. The second-order valence-corrected chi connectivity index (χ2v) is 6.06. The lowest BCUT2D eigenvalue weighted by atomic mass is 10.1. The van der Waals surface area contributed by atoms with Gasteiger partial charge in [0.1, 0.15) is 11.9 Å². The highest BCUT2D eigenvalue weighted by molar-refractivity contribution is 7.90. The zero-order chi connectivity index (χ0) is 14.8. The summed E-state index contributed by atoms with van der Waals surface area (Å²) >= 11 is 0. The van der Waals surface area contributed by atoms with Crippen molar-refractivity contribution in [3.8, 4) is 6.07 Å². The molecule has 2 N–H and O–H groups in total. The molecule has 1 aromatic heterocycles. The standard InChI is InChI=1S/C13H10FN3O2S/c14-11-2-1-9(5-10(11)6-15)8-20(18,19)13-3-4-17-7-12(13)16/h1-5,7H,8,16H2. The molecule has 2 rings (SSSR count). The highest BCUT2D eigenvalue weighted by Crippen LogP contribution is 2.22. The van der Waals surface area contributed by atoms with Crippen LogP contribution in [0.3, 0.4) is 0 Å². The van der Waals surface area contributed by atoms with Gasteiger partial charge in [0.05, 0.1) is 28.1 Å². The van der Waals surface area contributed by atoms with E-state index in [2.05, 4.69) is 4.98 Å². The van der Waals surface area contributed by atoms with E-state index in [1.54, 1.807) is 6.07 Å². The molecule has 20 heavy (non-hydrogen) atoms. The summed E-state index contributed by atoms with van der Waals surface area (Å²) in [5.74, 6) is -1.05. The molecule has 0 unspecified atom stereocenters. The third kappa shape index (κ3) is 2.75. The van der Waals surface area contributed by atoms with Gasteiger partial charge < -0.3 is 5.73 Å². The fraction of sp³-hybridized carbons (Fsp3) is 0.0769. The topological polar surface area (TPSA) is 96.8 Å². The molecule has 0 aliphatic heterocycles. The fourth-order valence-electron chi connectivity index (χ4n) is 1.72. The summed E-state index contributed by atoms with van der Waals surface area (Å²) in [6.45, 7) is 0. The minimum absolute atomic E-state index is 0.0321.